The van der Waals surface area contributed by atoms with Crippen molar-refractivity contribution in [1.82, 2.24) is 0 Å². The Morgan fingerprint density at radius 1 is 0.900 bits per heavy atom. The van der Waals surface area contributed by atoms with E-state index in [0.29, 0.717) is 5.92 Å². The minimum Gasteiger partial charge on any atom is -0.381 e. The van der Waals surface area contributed by atoms with Crippen LogP contribution in [0.1, 0.15) is 38.7 Å². The Morgan fingerprint density at radius 3 is 2.50 bits per heavy atom. The molecular formula is C19H26O. The summed E-state index contributed by atoms with van der Waals surface area (Å²) in [6, 6.07) is 15.4. The van der Waals surface area contributed by atoms with Crippen molar-refractivity contribution < 1.29 is 4.74 Å². The number of benzene rings is 2. The number of aryl methyl sites for hydroxylation is 1. The molecule has 0 heterocycles. The summed E-state index contributed by atoms with van der Waals surface area (Å²) in [5.74, 6) is 0.646. The zero-order valence-corrected chi connectivity index (χ0v) is 12.8. The van der Waals surface area contributed by atoms with Crippen molar-refractivity contribution in [3.63, 3.8) is 0 Å². The van der Waals surface area contributed by atoms with E-state index >= 15 is 0 Å². The predicted octanol–water partition coefficient (Wildman–Crippen LogP) is 5.23. The van der Waals surface area contributed by atoms with Gasteiger partial charge in [-0.1, -0.05) is 62.7 Å². The number of fused-ring (bicyclic) bond motifs is 1. The van der Waals surface area contributed by atoms with Gasteiger partial charge in [0.1, 0.15) is 0 Å². The lowest BCUT2D eigenvalue weighted by atomic mass is 10.0. The van der Waals surface area contributed by atoms with Crippen LogP contribution in [0.4, 0.5) is 0 Å². The maximum absolute atomic E-state index is 5.61. The summed E-state index contributed by atoms with van der Waals surface area (Å²) in [7, 11) is 0. The van der Waals surface area contributed by atoms with Gasteiger partial charge in [-0.25, -0.2) is 0 Å². The summed E-state index contributed by atoms with van der Waals surface area (Å²) in [6.07, 6.45) is 4.86. The van der Waals surface area contributed by atoms with E-state index < -0.39 is 0 Å². The average Bonchev–Trinajstić information content (AvgIpc) is 2.46. The van der Waals surface area contributed by atoms with Crippen LogP contribution >= 0.6 is 0 Å². The standard InChI is InChI=1S/C19H26O/c1-16(2)15-20-13-7-3-4-8-17-11-12-18-9-5-6-10-19(18)14-17/h5-6,9-12,14,16H,3-4,7-8,13,15H2,1-2H3. The quantitative estimate of drug-likeness (QED) is 0.597. The van der Waals surface area contributed by atoms with Crippen molar-refractivity contribution in [3.05, 3.63) is 48.0 Å². The van der Waals surface area contributed by atoms with Crippen molar-refractivity contribution in [2.24, 2.45) is 5.92 Å². The fourth-order valence-corrected chi connectivity index (χ4v) is 2.42. The zero-order chi connectivity index (χ0) is 14.2. The van der Waals surface area contributed by atoms with Gasteiger partial charge in [0.25, 0.3) is 0 Å². The van der Waals surface area contributed by atoms with E-state index in [0.717, 1.165) is 13.2 Å². The normalized spacial score (nSPS) is 11.3. The van der Waals surface area contributed by atoms with Crippen LogP contribution in [0, 0.1) is 5.92 Å². The van der Waals surface area contributed by atoms with Crippen LogP contribution in [-0.2, 0) is 11.2 Å². The third kappa shape index (κ3) is 4.97. The number of rotatable bonds is 8. The lowest BCUT2D eigenvalue weighted by molar-refractivity contribution is 0.106. The molecule has 2 aromatic rings. The molecule has 0 bridgehead atoms. The van der Waals surface area contributed by atoms with Crippen LogP contribution in [0.3, 0.4) is 0 Å². The van der Waals surface area contributed by atoms with E-state index in [1.54, 1.807) is 0 Å². The molecule has 0 amide bonds. The van der Waals surface area contributed by atoms with Crippen molar-refractivity contribution in [2.45, 2.75) is 39.5 Å². The van der Waals surface area contributed by atoms with Gasteiger partial charge in [0.05, 0.1) is 0 Å². The predicted molar refractivity (Wildman–Crippen MR) is 87.2 cm³/mol. The minimum atomic E-state index is 0.646. The second kappa shape index (κ2) is 8.06. The second-order valence-electron chi connectivity index (χ2n) is 5.96. The molecule has 0 saturated carbocycles. The third-order valence-corrected chi connectivity index (χ3v) is 3.52. The molecule has 0 unspecified atom stereocenters. The first-order chi connectivity index (χ1) is 9.75. The van der Waals surface area contributed by atoms with Gasteiger partial charge in [0.2, 0.25) is 0 Å². The summed E-state index contributed by atoms with van der Waals surface area (Å²) >= 11 is 0. The largest absolute Gasteiger partial charge is 0.381 e. The van der Waals surface area contributed by atoms with E-state index in [1.807, 2.05) is 0 Å². The fourth-order valence-electron chi connectivity index (χ4n) is 2.42. The Hall–Kier alpha value is -1.34. The number of hydrogen-bond donors (Lipinski definition) is 0. The molecule has 0 N–H and O–H groups in total. The van der Waals surface area contributed by atoms with Gasteiger partial charge >= 0.3 is 0 Å². The Labute approximate surface area is 123 Å². The van der Waals surface area contributed by atoms with Gasteiger partial charge in [-0.05, 0) is 41.5 Å². The van der Waals surface area contributed by atoms with Gasteiger partial charge < -0.3 is 4.74 Å². The van der Waals surface area contributed by atoms with E-state index in [4.69, 9.17) is 4.74 Å². The maximum atomic E-state index is 5.61. The van der Waals surface area contributed by atoms with E-state index in [1.165, 1.54) is 42.0 Å². The summed E-state index contributed by atoms with van der Waals surface area (Å²) in [5.41, 5.74) is 1.45. The molecule has 2 aromatic carbocycles. The van der Waals surface area contributed by atoms with Crippen LogP contribution in [0.25, 0.3) is 10.8 Å². The third-order valence-electron chi connectivity index (χ3n) is 3.52. The molecule has 0 fully saturated rings. The molecule has 0 aliphatic rings. The molecule has 1 nitrogen and oxygen atoms in total. The van der Waals surface area contributed by atoms with Crippen molar-refractivity contribution in [1.29, 1.82) is 0 Å². The van der Waals surface area contributed by atoms with Crippen LogP contribution in [0.15, 0.2) is 42.5 Å². The maximum Gasteiger partial charge on any atom is 0.0488 e. The topological polar surface area (TPSA) is 9.23 Å². The highest BCUT2D eigenvalue weighted by atomic mass is 16.5. The Morgan fingerprint density at radius 2 is 1.70 bits per heavy atom. The molecule has 1 heteroatoms. The Bertz CT molecular complexity index is 516. The van der Waals surface area contributed by atoms with E-state index in [-0.39, 0.29) is 0 Å². The smallest absolute Gasteiger partial charge is 0.0488 e. The van der Waals surface area contributed by atoms with Gasteiger partial charge in [0.15, 0.2) is 0 Å². The Balaban J connectivity index is 1.68. The SMILES string of the molecule is CC(C)COCCCCCc1ccc2ccccc2c1. The molecule has 0 saturated heterocycles. The highest BCUT2D eigenvalue weighted by Gasteiger charge is 1.98. The van der Waals surface area contributed by atoms with Gasteiger partial charge in [-0.2, -0.15) is 0 Å². The second-order valence-corrected chi connectivity index (χ2v) is 5.96. The first-order valence-corrected chi connectivity index (χ1v) is 7.81. The van der Waals surface area contributed by atoms with Crippen molar-refractivity contribution in [2.75, 3.05) is 13.2 Å². The van der Waals surface area contributed by atoms with E-state index in [9.17, 15) is 0 Å². The molecule has 0 aromatic heterocycles. The van der Waals surface area contributed by atoms with Crippen LogP contribution < -0.4 is 0 Å². The molecule has 0 atom stereocenters. The lowest BCUT2D eigenvalue weighted by Gasteiger charge is -2.07. The summed E-state index contributed by atoms with van der Waals surface area (Å²) < 4.78 is 5.61. The molecule has 20 heavy (non-hydrogen) atoms. The molecule has 0 aliphatic heterocycles. The monoisotopic (exact) mass is 270 g/mol. The van der Waals surface area contributed by atoms with Crippen molar-refractivity contribution in [3.8, 4) is 0 Å². The minimum absolute atomic E-state index is 0.646. The number of unbranched alkanes of at least 4 members (excludes halogenated alkanes) is 2. The lowest BCUT2D eigenvalue weighted by Crippen LogP contribution is -2.03. The number of ether oxygens (including phenoxy) is 1. The summed E-state index contributed by atoms with van der Waals surface area (Å²) in [4.78, 5) is 0. The van der Waals surface area contributed by atoms with Gasteiger partial charge in [-0.15, -0.1) is 0 Å². The summed E-state index contributed by atoms with van der Waals surface area (Å²) in [6.45, 7) is 6.19. The molecule has 2 rings (SSSR count). The first-order valence-electron chi connectivity index (χ1n) is 7.81. The average molecular weight is 270 g/mol. The highest BCUT2D eigenvalue weighted by Crippen LogP contribution is 2.17. The molecule has 0 spiro atoms. The van der Waals surface area contributed by atoms with Gasteiger partial charge in [-0.3, -0.25) is 0 Å². The zero-order valence-electron chi connectivity index (χ0n) is 12.8. The van der Waals surface area contributed by atoms with E-state index in [2.05, 4.69) is 56.3 Å². The highest BCUT2D eigenvalue weighted by molar-refractivity contribution is 5.82. The number of hydrogen-bond acceptors (Lipinski definition) is 1. The van der Waals surface area contributed by atoms with Crippen LogP contribution in [0.5, 0.6) is 0 Å². The Kier molecular flexibility index (Phi) is 6.07. The molecule has 108 valence electrons. The molecule has 0 aliphatic carbocycles. The van der Waals surface area contributed by atoms with Crippen LogP contribution in [0.2, 0.25) is 0 Å². The summed E-state index contributed by atoms with van der Waals surface area (Å²) in [5, 5.41) is 2.68. The first kappa shape index (κ1) is 15.1. The molecule has 0 radical (unpaired) electrons. The van der Waals surface area contributed by atoms with Gasteiger partial charge in [0, 0.05) is 13.2 Å². The van der Waals surface area contributed by atoms with Crippen molar-refractivity contribution >= 4 is 10.8 Å². The molecular weight excluding hydrogens is 244 g/mol. The van der Waals surface area contributed by atoms with Crippen LogP contribution in [-0.4, -0.2) is 13.2 Å². The fraction of sp³-hybridized carbons (Fsp3) is 0.474.